The Kier molecular flexibility index (Phi) is 9.36. The van der Waals surface area contributed by atoms with Gasteiger partial charge in [0.25, 0.3) is 26.0 Å². The van der Waals surface area contributed by atoms with Gasteiger partial charge in [0.15, 0.2) is 5.84 Å². The normalized spacial score (nSPS) is 14.1. The number of hydrazine groups is 1. The zero-order valence-electron chi connectivity index (χ0n) is 24.3. The van der Waals surface area contributed by atoms with Gasteiger partial charge in [-0.1, -0.05) is 92.5 Å². The van der Waals surface area contributed by atoms with Crippen LogP contribution in [0.1, 0.15) is 11.1 Å². The molecular weight excluding hydrogens is 788 g/mol. The minimum atomic E-state index is -4.25. The van der Waals surface area contributed by atoms with E-state index in [0.29, 0.717) is 14.5 Å². The molecule has 0 unspecified atom stereocenters. The Hall–Kier alpha value is -4.97. The topological polar surface area (TPSA) is 176 Å². The Bertz CT molecular complexity index is 2180. The summed E-state index contributed by atoms with van der Waals surface area (Å²) in [6.07, 6.45) is 1.61. The fourth-order valence-corrected chi connectivity index (χ4v) is 6.73. The second-order valence-corrected chi connectivity index (χ2v) is 15.1. The van der Waals surface area contributed by atoms with Crippen LogP contribution in [0.25, 0.3) is 6.08 Å². The first-order valence-corrected chi connectivity index (χ1v) is 18.4. The molecule has 1 aliphatic rings. The minimum absolute atomic E-state index is 0.0916. The SMILES string of the molecule is O=C1C(=Cc2ccccc2)N=C(c2ccccc2)N1Nc1nc(NS(=O)(=O)c2ccc(Br)cc2)nc(NS(=O)(=O)c2ccc(Br)cc2)n1. The molecule has 0 radical (unpaired) electrons. The number of nitrogens with zero attached hydrogens (tertiary/aromatic N) is 5. The predicted octanol–water partition coefficient (Wildman–Crippen LogP) is 5.66. The Morgan fingerprint density at radius 2 is 1.06 bits per heavy atom. The highest BCUT2D eigenvalue weighted by Crippen LogP contribution is 2.25. The summed E-state index contributed by atoms with van der Waals surface area (Å²) in [6, 6.07) is 29.5. The number of carbonyl (C=O) groups excluding carboxylic acids is 1. The molecule has 4 aromatic carbocycles. The molecule has 0 atom stereocenters. The van der Waals surface area contributed by atoms with Gasteiger partial charge in [0, 0.05) is 14.5 Å². The molecule has 1 aromatic heterocycles. The molecule has 1 aliphatic heterocycles. The third kappa shape index (κ3) is 7.60. The summed E-state index contributed by atoms with van der Waals surface area (Å²) in [5, 5.41) is 1.08. The number of rotatable bonds is 10. The van der Waals surface area contributed by atoms with Crippen LogP contribution >= 0.6 is 31.9 Å². The zero-order valence-corrected chi connectivity index (χ0v) is 29.1. The van der Waals surface area contributed by atoms with E-state index < -0.39 is 37.9 Å². The lowest BCUT2D eigenvalue weighted by atomic mass is 10.2. The Balaban J connectivity index is 1.40. The smallest absolute Gasteiger partial charge is 0.265 e. The zero-order chi connectivity index (χ0) is 33.9. The van der Waals surface area contributed by atoms with E-state index in [4.69, 9.17) is 0 Å². The van der Waals surface area contributed by atoms with Crippen molar-refractivity contribution >= 4 is 87.6 Å². The van der Waals surface area contributed by atoms with Crippen LogP contribution in [-0.4, -0.2) is 48.5 Å². The van der Waals surface area contributed by atoms with Crippen LogP contribution in [0, 0.1) is 0 Å². The Morgan fingerprint density at radius 1 is 0.604 bits per heavy atom. The lowest BCUT2D eigenvalue weighted by molar-refractivity contribution is -0.121. The van der Waals surface area contributed by atoms with Gasteiger partial charge < -0.3 is 0 Å². The van der Waals surface area contributed by atoms with E-state index in [9.17, 15) is 21.6 Å². The number of anilines is 3. The van der Waals surface area contributed by atoms with E-state index in [2.05, 4.69) is 66.7 Å². The quantitative estimate of drug-likeness (QED) is 0.151. The number of sulfonamides is 2. The van der Waals surface area contributed by atoms with Gasteiger partial charge in [0.2, 0.25) is 17.8 Å². The van der Waals surface area contributed by atoms with Crippen molar-refractivity contribution in [2.24, 2.45) is 4.99 Å². The first-order valence-electron chi connectivity index (χ1n) is 13.8. The molecule has 48 heavy (non-hydrogen) atoms. The second kappa shape index (κ2) is 13.6. The third-order valence-corrected chi connectivity index (χ3v) is 10.3. The Labute approximate surface area is 292 Å². The van der Waals surface area contributed by atoms with Crippen LogP contribution in [0.2, 0.25) is 0 Å². The average Bonchev–Trinajstić information content (AvgIpc) is 3.35. The molecule has 0 aliphatic carbocycles. The van der Waals surface area contributed by atoms with Crippen LogP contribution in [0.3, 0.4) is 0 Å². The first-order chi connectivity index (χ1) is 23.0. The monoisotopic (exact) mass is 808 g/mol. The maximum absolute atomic E-state index is 13.7. The molecule has 5 aromatic rings. The van der Waals surface area contributed by atoms with Crippen LogP contribution in [-0.2, 0) is 24.8 Å². The molecule has 0 saturated heterocycles. The van der Waals surface area contributed by atoms with E-state index in [1.807, 2.05) is 30.3 Å². The van der Waals surface area contributed by atoms with Crippen LogP contribution in [0.15, 0.2) is 139 Å². The molecule has 17 heteroatoms. The van der Waals surface area contributed by atoms with E-state index in [0.717, 1.165) is 10.6 Å². The van der Waals surface area contributed by atoms with Crippen molar-refractivity contribution < 1.29 is 21.6 Å². The predicted molar refractivity (Wildman–Crippen MR) is 188 cm³/mol. The van der Waals surface area contributed by atoms with Gasteiger partial charge >= 0.3 is 0 Å². The van der Waals surface area contributed by atoms with Crippen molar-refractivity contribution in [2.45, 2.75) is 9.79 Å². The van der Waals surface area contributed by atoms with Crippen LogP contribution < -0.4 is 14.9 Å². The van der Waals surface area contributed by atoms with Gasteiger partial charge in [-0.3, -0.25) is 10.2 Å². The van der Waals surface area contributed by atoms with E-state index in [1.54, 1.807) is 36.4 Å². The molecular formula is C31H22Br2N8O5S2. The summed E-state index contributed by atoms with van der Waals surface area (Å²) in [4.78, 5) is 30.4. The average molecular weight is 811 g/mol. The molecule has 1 amide bonds. The molecule has 3 N–H and O–H groups in total. The van der Waals surface area contributed by atoms with Crippen LogP contribution in [0.4, 0.5) is 17.8 Å². The van der Waals surface area contributed by atoms with Gasteiger partial charge in [-0.15, -0.1) is 0 Å². The van der Waals surface area contributed by atoms with Gasteiger partial charge in [-0.25, -0.2) is 31.3 Å². The Morgan fingerprint density at radius 3 is 1.56 bits per heavy atom. The summed E-state index contributed by atoms with van der Waals surface area (Å²) < 4.78 is 58.8. The standard InChI is InChI=1S/C31H22Br2N8O5S2/c32-22-11-15-24(16-12-22)47(43,44)39-30-35-29(36-31(37-30)40-48(45,46)25-17-13-23(33)14-18-25)38-41-27(21-9-5-2-6-10-21)34-26(28(41)42)19-20-7-3-1-4-8-20/h1-19H,(H3,35,36,37,38,39,40). The van der Waals surface area contributed by atoms with Gasteiger partial charge in [0.05, 0.1) is 9.79 Å². The fraction of sp³-hybridized carbons (Fsp3) is 0. The summed E-state index contributed by atoms with van der Waals surface area (Å²) in [7, 11) is -8.49. The van der Waals surface area contributed by atoms with Crippen molar-refractivity contribution in [3.8, 4) is 0 Å². The fourth-order valence-electron chi connectivity index (χ4n) is 4.31. The number of nitrogens with one attached hydrogen (secondary N) is 3. The number of aliphatic imine (C=N–C) groups is 1. The third-order valence-electron chi connectivity index (χ3n) is 6.54. The van der Waals surface area contributed by atoms with E-state index in [-0.39, 0.29) is 27.3 Å². The van der Waals surface area contributed by atoms with E-state index >= 15 is 0 Å². The summed E-state index contributed by atoms with van der Waals surface area (Å²) in [5.41, 5.74) is 4.16. The minimum Gasteiger partial charge on any atom is -0.265 e. The highest BCUT2D eigenvalue weighted by Gasteiger charge is 2.33. The molecule has 13 nitrogen and oxygen atoms in total. The van der Waals surface area contributed by atoms with Crippen molar-refractivity contribution in [3.05, 3.63) is 135 Å². The molecule has 0 spiro atoms. The molecule has 0 bridgehead atoms. The number of aromatic nitrogens is 3. The van der Waals surface area contributed by atoms with Crippen LogP contribution in [0.5, 0.6) is 0 Å². The van der Waals surface area contributed by atoms with Crippen molar-refractivity contribution in [1.82, 2.24) is 20.0 Å². The molecule has 2 heterocycles. The maximum atomic E-state index is 13.7. The molecule has 242 valence electrons. The molecule has 6 rings (SSSR count). The number of hydrogen-bond donors (Lipinski definition) is 3. The number of amides is 1. The number of carbonyl (C=O) groups is 1. The number of halogens is 2. The van der Waals surface area contributed by atoms with E-state index in [1.165, 1.54) is 48.5 Å². The van der Waals surface area contributed by atoms with Gasteiger partial charge in [-0.2, -0.15) is 20.0 Å². The maximum Gasteiger partial charge on any atom is 0.297 e. The lowest BCUT2D eigenvalue weighted by Gasteiger charge is -2.20. The highest BCUT2D eigenvalue weighted by atomic mass is 79.9. The van der Waals surface area contributed by atoms with Crippen molar-refractivity contribution in [1.29, 1.82) is 0 Å². The van der Waals surface area contributed by atoms with Crippen molar-refractivity contribution in [2.75, 3.05) is 14.9 Å². The number of amidine groups is 1. The number of hydrogen-bond acceptors (Lipinski definition) is 10. The second-order valence-electron chi connectivity index (χ2n) is 9.92. The largest absolute Gasteiger partial charge is 0.297 e. The summed E-state index contributed by atoms with van der Waals surface area (Å²) >= 11 is 6.54. The van der Waals surface area contributed by atoms with Crippen molar-refractivity contribution in [3.63, 3.8) is 0 Å². The van der Waals surface area contributed by atoms with Gasteiger partial charge in [0.1, 0.15) is 5.70 Å². The van der Waals surface area contributed by atoms with Gasteiger partial charge in [-0.05, 0) is 60.2 Å². The molecule has 0 fully saturated rings. The molecule has 0 saturated carbocycles. The lowest BCUT2D eigenvalue weighted by Crippen LogP contribution is -2.38. The summed E-state index contributed by atoms with van der Waals surface area (Å²) in [5.74, 6) is -1.82. The summed E-state index contributed by atoms with van der Waals surface area (Å²) in [6.45, 7) is 0. The number of benzene rings is 4. The highest BCUT2D eigenvalue weighted by molar-refractivity contribution is 9.10. The first kappa shape index (κ1) is 33.0.